The topological polar surface area (TPSA) is 47.6 Å². The van der Waals surface area contributed by atoms with Gasteiger partial charge in [-0.15, -0.1) is 0 Å². The van der Waals surface area contributed by atoms with Crippen LogP contribution in [0.2, 0.25) is 0 Å². The molecule has 0 fully saturated rings. The quantitative estimate of drug-likeness (QED) is 0.692. The largest absolute Gasteiger partial charge is 0.486 e. The maximum Gasteiger partial charge on any atom is 0.189 e. The SMILES string of the molecule is O=C(c1ccc2c(c1)OCCO2)C(Nc1ccccc1)c1ccccc1. The van der Waals surface area contributed by atoms with Crippen LogP contribution in [0, 0.1) is 0 Å². The number of para-hydroxylation sites is 1. The minimum Gasteiger partial charge on any atom is -0.486 e. The fourth-order valence-corrected chi connectivity index (χ4v) is 3.01. The Labute approximate surface area is 152 Å². The Balaban J connectivity index is 1.68. The van der Waals surface area contributed by atoms with Crippen LogP contribution in [-0.2, 0) is 0 Å². The lowest BCUT2D eigenvalue weighted by atomic mass is 9.96. The summed E-state index contributed by atoms with van der Waals surface area (Å²) in [5.74, 6) is 1.28. The van der Waals surface area contributed by atoms with Crippen molar-refractivity contribution < 1.29 is 14.3 Å². The summed E-state index contributed by atoms with van der Waals surface area (Å²) < 4.78 is 11.2. The van der Waals surface area contributed by atoms with Gasteiger partial charge in [-0.3, -0.25) is 4.79 Å². The third-order valence-corrected chi connectivity index (χ3v) is 4.31. The molecule has 1 heterocycles. The Morgan fingerprint density at radius 3 is 2.19 bits per heavy atom. The van der Waals surface area contributed by atoms with Gasteiger partial charge in [0, 0.05) is 11.3 Å². The van der Waals surface area contributed by atoms with Crippen LogP contribution < -0.4 is 14.8 Å². The van der Waals surface area contributed by atoms with Crippen molar-refractivity contribution in [3.63, 3.8) is 0 Å². The van der Waals surface area contributed by atoms with Gasteiger partial charge < -0.3 is 14.8 Å². The van der Waals surface area contributed by atoms with Crippen LogP contribution in [0.4, 0.5) is 5.69 Å². The standard InChI is InChI=1S/C22H19NO3/c24-22(17-11-12-19-20(15-17)26-14-13-25-19)21(16-7-3-1-4-8-16)23-18-9-5-2-6-10-18/h1-12,15,21,23H,13-14H2. The van der Waals surface area contributed by atoms with E-state index in [1.165, 1.54) is 0 Å². The molecular weight excluding hydrogens is 326 g/mol. The zero-order valence-corrected chi connectivity index (χ0v) is 14.2. The first-order chi connectivity index (χ1) is 12.8. The first-order valence-electron chi connectivity index (χ1n) is 8.62. The number of fused-ring (bicyclic) bond motifs is 1. The Morgan fingerprint density at radius 2 is 1.46 bits per heavy atom. The maximum atomic E-state index is 13.3. The van der Waals surface area contributed by atoms with E-state index in [1.54, 1.807) is 18.2 Å². The van der Waals surface area contributed by atoms with Crippen molar-refractivity contribution in [1.82, 2.24) is 0 Å². The number of benzene rings is 3. The Morgan fingerprint density at radius 1 is 0.808 bits per heavy atom. The minimum atomic E-state index is -0.485. The van der Waals surface area contributed by atoms with Gasteiger partial charge in [0.05, 0.1) is 0 Å². The van der Waals surface area contributed by atoms with Crippen LogP contribution in [0.15, 0.2) is 78.9 Å². The summed E-state index contributed by atoms with van der Waals surface area (Å²) in [5, 5.41) is 3.35. The molecule has 0 saturated heterocycles. The molecule has 4 heteroatoms. The Kier molecular flexibility index (Phi) is 4.56. The zero-order valence-electron chi connectivity index (χ0n) is 14.2. The number of ether oxygens (including phenoxy) is 2. The third-order valence-electron chi connectivity index (χ3n) is 4.31. The van der Waals surface area contributed by atoms with Gasteiger partial charge in [-0.1, -0.05) is 48.5 Å². The van der Waals surface area contributed by atoms with Crippen LogP contribution >= 0.6 is 0 Å². The highest BCUT2D eigenvalue weighted by Crippen LogP contribution is 2.33. The van der Waals surface area contributed by atoms with Gasteiger partial charge in [0.2, 0.25) is 0 Å². The van der Waals surface area contributed by atoms with Crippen molar-refractivity contribution in [3.8, 4) is 11.5 Å². The van der Waals surface area contributed by atoms with Gasteiger partial charge in [-0.2, -0.15) is 0 Å². The van der Waals surface area contributed by atoms with Crippen LogP contribution in [0.25, 0.3) is 0 Å². The molecule has 4 nitrogen and oxygen atoms in total. The first-order valence-corrected chi connectivity index (χ1v) is 8.62. The normalized spacial score (nSPS) is 13.7. The van der Waals surface area contributed by atoms with Gasteiger partial charge in [-0.05, 0) is 35.9 Å². The minimum absolute atomic E-state index is 0.0166. The number of carbonyl (C=O) groups is 1. The van der Waals surface area contributed by atoms with E-state index in [1.807, 2.05) is 60.7 Å². The average Bonchev–Trinajstić information content (AvgIpc) is 2.72. The Bertz CT molecular complexity index is 894. The van der Waals surface area contributed by atoms with Crippen LogP contribution in [0.5, 0.6) is 11.5 Å². The number of anilines is 1. The van der Waals surface area contributed by atoms with Crippen LogP contribution in [0.3, 0.4) is 0 Å². The molecule has 4 rings (SSSR count). The average molecular weight is 345 g/mol. The van der Waals surface area contributed by atoms with E-state index in [2.05, 4.69) is 5.32 Å². The summed E-state index contributed by atoms with van der Waals surface area (Å²) in [7, 11) is 0. The first kappa shape index (κ1) is 16.2. The molecule has 0 aliphatic carbocycles. The monoisotopic (exact) mass is 345 g/mol. The number of nitrogens with one attached hydrogen (secondary N) is 1. The second-order valence-electron chi connectivity index (χ2n) is 6.08. The molecule has 0 spiro atoms. The summed E-state index contributed by atoms with van der Waals surface area (Å²) in [4.78, 5) is 13.3. The maximum absolute atomic E-state index is 13.3. The van der Waals surface area contributed by atoms with Crippen molar-refractivity contribution >= 4 is 11.5 Å². The summed E-state index contributed by atoms with van der Waals surface area (Å²) in [6.45, 7) is 1.03. The van der Waals surface area contributed by atoms with Crippen LogP contribution in [-0.4, -0.2) is 19.0 Å². The summed E-state index contributed by atoms with van der Waals surface area (Å²) in [6, 6.07) is 24.3. The van der Waals surface area contributed by atoms with E-state index in [0.717, 1.165) is 11.3 Å². The molecular formula is C22H19NO3. The molecule has 0 saturated carbocycles. The Hall–Kier alpha value is -3.27. The molecule has 3 aromatic carbocycles. The molecule has 130 valence electrons. The van der Waals surface area contributed by atoms with E-state index < -0.39 is 6.04 Å². The second-order valence-corrected chi connectivity index (χ2v) is 6.08. The summed E-state index contributed by atoms with van der Waals surface area (Å²) in [6.07, 6.45) is 0. The van der Waals surface area contributed by atoms with Crippen molar-refractivity contribution in [3.05, 3.63) is 90.0 Å². The summed E-state index contributed by atoms with van der Waals surface area (Å²) >= 11 is 0. The van der Waals surface area contributed by atoms with Gasteiger partial charge in [0.25, 0.3) is 0 Å². The number of ketones is 1. The zero-order chi connectivity index (χ0) is 17.8. The number of hydrogen-bond acceptors (Lipinski definition) is 4. The molecule has 1 unspecified atom stereocenters. The van der Waals surface area contributed by atoms with E-state index in [4.69, 9.17) is 9.47 Å². The third kappa shape index (κ3) is 3.40. The molecule has 0 radical (unpaired) electrons. The fraction of sp³-hybridized carbons (Fsp3) is 0.136. The molecule has 1 atom stereocenters. The molecule has 0 aromatic heterocycles. The smallest absolute Gasteiger partial charge is 0.189 e. The van der Waals surface area contributed by atoms with Crippen molar-refractivity contribution in [2.45, 2.75) is 6.04 Å². The highest BCUT2D eigenvalue weighted by atomic mass is 16.6. The van der Waals surface area contributed by atoms with Crippen molar-refractivity contribution in [2.24, 2.45) is 0 Å². The van der Waals surface area contributed by atoms with E-state index in [9.17, 15) is 4.79 Å². The van der Waals surface area contributed by atoms with E-state index >= 15 is 0 Å². The van der Waals surface area contributed by atoms with E-state index in [-0.39, 0.29) is 5.78 Å². The van der Waals surface area contributed by atoms with Crippen LogP contribution in [0.1, 0.15) is 22.0 Å². The van der Waals surface area contributed by atoms with Gasteiger partial charge in [0.1, 0.15) is 19.3 Å². The molecule has 1 aliphatic heterocycles. The molecule has 3 aromatic rings. The summed E-state index contributed by atoms with van der Waals surface area (Å²) in [5.41, 5.74) is 2.40. The lowest BCUT2D eigenvalue weighted by Crippen LogP contribution is -2.22. The van der Waals surface area contributed by atoms with Crippen molar-refractivity contribution in [1.29, 1.82) is 0 Å². The number of hydrogen-bond donors (Lipinski definition) is 1. The lowest BCUT2D eigenvalue weighted by Gasteiger charge is -2.22. The second kappa shape index (κ2) is 7.31. The predicted octanol–water partition coefficient (Wildman–Crippen LogP) is 4.49. The molecule has 26 heavy (non-hydrogen) atoms. The molecule has 1 N–H and O–H groups in total. The number of carbonyl (C=O) groups excluding carboxylic acids is 1. The number of rotatable bonds is 5. The number of Topliss-reactive ketones (excluding diaryl/α,β-unsaturated/α-hetero) is 1. The van der Waals surface area contributed by atoms with Gasteiger partial charge >= 0.3 is 0 Å². The van der Waals surface area contributed by atoms with Gasteiger partial charge in [-0.25, -0.2) is 0 Å². The van der Waals surface area contributed by atoms with Gasteiger partial charge in [0.15, 0.2) is 17.3 Å². The van der Waals surface area contributed by atoms with Crippen molar-refractivity contribution in [2.75, 3.05) is 18.5 Å². The predicted molar refractivity (Wildman–Crippen MR) is 101 cm³/mol. The molecule has 1 aliphatic rings. The fourth-order valence-electron chi connectivity index (χ4n) is 3.01. The highest BCUT2D eigenvalue weighted by Gasteiger charge is 2.24. The highest BCUT2D eigenvalue weighted by molar-refractivity contribution is 6.02. The molecule has 0 amide bonds. The lowest BCUT2D eigenvalue weighted by molar-refractivity contribution is 0.0968. The molecule has 0 bridgehead atoms. The van der Waals surface area contributed by atoms with E-state index in [0.29, 0.717) is 30.3 Å².